The Morgan fingerprint density at radius 2 is 1.88 bits per heavy atom. The fraction of sp³-hybridized carbons (Fsp3) is 0.581. The van der Waals surface area contributed by atoms with Crippen molar-refractivity contribution >= 4 is 17.7 Å². The van der Waals surface area contributed by atoms with Gasteiger partial charge in [0, 0.05) is 51.5 Å². The van der Waals surface area contributed by atoms with Crippen molar-refractivity contribution in [3.05, 3.63) is 59.8 Å². The molecular weight excluding hydrogens is 504 g/mol. The fourth-order valence-corrected chi connectivity index (χ4v) is 5.50. The quantitative estimate of drug-likeness (QED) is 0.263. The summed E-state index contributed by atoms with van der Waals surface area (Å²) in [6.07, 6.45) is 6.67. The van der Waals surface area contributed by atoms with Crippen LogP contribution in [0.1, 0.15) is 64.0 Å². The number of likely N-dealkylation sites (tertiary alicyclic amines) is 1. The molecule has 3 unspecified atom stereocenters. The van der Waals surface area contributed by atoms with Gasteiger partial charge in [-0.25, -0.2) is 9.79 Å². The van der Waals surface area contributed by atoms with E-state index < -0.39 is 5.60 Å². The lowest BCUT2D eigenvalue weighted by Gasteiger charge is -2.24. The molecule has 40 heavy (non-hydrogen) atoms. The maximum absolute atomic E-state index is 12.3. The number of aliphatic imine (C=N–C) groups is 2. The number of amides is 1. The summed E-state index contributed by atoms with van der Waals surface area (Å²) in [5.41, 5.74) is 14.5. The predicted molar refractivity (Wildman–Crippen MR) is 160 cm³/mol. The van der Waals surface area contributed by atoms with Gasteiger partial charge >= 0.3 is 6.09 Å². The lowest BCUT2D eigenvalue weighted by molar-refractivity contribution is 0.0285. The zero-order chi connectivity index (χ0) is 29.0. The number of rotatable bonds is 9. The minimum absolute atomic E-state index is 0.259. The number of carbonyl (C=O) groups excluding carboxylic acids is 1. The second-order valence-corrected chi connectivity index (χ2v) is 12.4. The molecule has 1 aliphatic heterocycles. The smallest absolute Gasteiger partial charge is 0.410 e. The van der Waals surface area contributed by atoms with Gasteiger partial charge in [-0.1, -0.05) is 18.7 Å². The predicted octanol–water partition coefficient (Wildman–Crippen LogP) is 4.63. The van der Waals surface area contributed by atoms with E-state index in [0.29, 0.717) is 36.0 Å². The van der Waals surface area contributed by atoms with Crippen molar-refractivity contribution < 1.29 is 14.3 Å². The number of ether oxygens (including phenoxy) is 2. The number of hydrogen-bond donors (Lipinski definition) is 2. The Balaban J connectivity index is 1.42. The Kier molecular flexibility index (Phi) is 9.23. The summed E-state index contributed by atoms with van der Waals surface area (Å²) in [5, 5.41) is 0. The average Bonchev–Trinajstić information content (AvgIpc) is 3.52. The molecule has 0 radical (unpaired) electrons. The van der Waals surface area contributed by atoms with Gasteiger partial charge in [-0.2, -0.15) is 0 Å². The fourth-order valence-electron chi connectivity index (χ4n) is 5.50. The molecule has 1 heterocycles. The number of fused-ring (bicyclic) bond motifs is 1. The van der Waals surface area contributed by atoms with E-state index in [1.165, 1.54) is 19.3 Å². The van der Waals surface area contributed by atoms with Crippen LogP contribution in [-0.4, -0.2) is 66.3 Å². The third-order valence-corrected chi connectivity index (χ3v) is 7.88. The van der Waals surface area contributed by atoms with E-state index in [0.717, 1.165) is 48.6 Å². The van der Waals surface area contributed by atoms with E-state index in [9.17, 15) is 4.79 Å². The molecule has 218 valence electrons. The molecule has 4 rings (SSSR count). The van der Waals surface area contributed by atoms with Crippen LogP contribution < -0.4 is 11.5 Å². The van der Waals surface area contributed by atoms with E-state index in [-0.39, 0.29) is 12.1 Å². The molecule has 1 amide bonds. The van der Waals surface area contributed by atoms with Gasteiger partial charge in [-0.15, -0.1) is 0 Å². The van der Waals surface area contributed by atoms with Gasteiger partial charge in [-0.05, 0) is 88.3 Å². The largest absolute Gasteiger partial charge is 0.444 e. The van der Waals surface area contributed by atoms with E-state index in [1.807, 2.05) is 45.0 Å². The third kappa shape index (κ3) is 7.65. The first kappa shape index (κ1) is 29.6. The second-order valence-electron chi connectivity index (χ2n) is 12.4. The first-order chi connectivity index (χ1) is 19.0. The van der Waals surface area contributed by atoms with E-state index in [2.05, 4.69) is 16.5 Å². The SMILES string of the molecule is C=C(OC(=NC)c1ccc(CN(C)C(=O)OC(C)(C)C)cc1)/C(CC1CC1)=N/C(=C\N)N1CC2CCC(N)C2C1. The Hall–Kier alpha value is -3.33. The van der Waals surface area contributed by atoms with Crippen LogP contribution in [0.2, 0.25) is 0 Å². The molecule has 9 heteroatoms. The molecule has 3 fully saturated rings. The van der Waals surface area contributed by atoms with Crippen LogP contribution in [0.5, 0.6) is 0 Å². The summed E-state index contributed by atoms with van der Waals surface area (Å²) in [4.78, 5) is 25.5. The Morgan fingerprint density at radius 1 is 1.18 bits per heavy atom. The first-order valence-electron chi connectivity index (χ1n) is 14.3. The van der Waals surface area contributed by atoms with E-state index >= 15 is 0 Å². The average molecular weight is 551 g/mol. The summed E-state index contributed by atoms with van der Waals surface area (Å²) in [7, 11) is 3.42. The first-order valence-corrected chi connectivity index (χ1v) is 14.3. The van der Waals surface area contributed by atoms with Crippen molar-refractivity contribution in [2.75, 3.05) is 27.2 Å². The van der Waals surface area contributed by atoms with Crippen molar-refractivity contribution in [1.82, 2.24) is 9.80 Å². The molecular formula is C31H46N6O3. The molecule has 1 saturated heterocycles. The highest BCUT2D eigenvalue weighted by Crippen LogP contribution is 2.39. The Morgan fingerprint density at radius 3 is 2.45 bits per heavy atom. The molecule has 9 nitrogen and oxygen atoms in total. The van der Waals surface area contributed by atoms with Gasteiger partial charge in [-0.3, -0.25) is 4.99 Å². The lowest BCUT2D eigenvalue weighted by atomic mass is 9.98. The van der Waals surface area contributed by atoms with Crippen LogP contribution in [0.4, 0.5) is 4.79 Å². The van der Waals surface area contributed by atoms with Crippen molar-refractivity contribution in [3.63, 3.8) is 0 Å². The summed E-state index contributed by atoms with van der Waals surface area (Å²) in [6, 6.07) is 8.04. The van der Waals surface area contributed by atoms with Gasteiger partial charge in [0.05, 0.1) is 5.71 Å². The highest BCUT2D eigenvalue weighted by molar-refractivity contribution is 6.03. The number of allylic oxidation sites excluding steroid dienone is 1. The second kappa shape index (κ2) is 12.5. The van der Waals surface area contributed by atoms with Crippen molar-refractivity contribution in [3.8, 4) is 0 Å². The van der Waals surface area contributed by atoms with Gasteiger partial charge < -0.3 is 30.7 Å². The molecule has 1 aromatic carbocycles. The Labute approximate surface area is 239 Å². The number of hydrogen-bond acceptors (Lipinski definition) is 8. The van der Waals surface area contributed by atoms with Crippen LogP contribution >= 0.6 is 0 Å². The Bertz CT molecular complexity index is 1160. The minimum Gasteiger partial charge on any atom is -0.444 e. The third-order valence-electron chi connectivity index (χ3n) is 7.88. The van der Waals surface area contributed by atoms with Gasteiger partial charge in [0.25, 0.3) is 0 Å². The van der Waals surface area contributed by atoms with Gasteiger partial charge in [0.2, 0.25) is 5.90 Å². The molecule has 1 aromatic rings. The molecule has 0 spiro atoms. The molecule has 3 aliphatic rings. The number of nitrogens with two attached hydrogens (primary N) is 2. The molecule has 3 atom stereocenters. The van der Waals surface area contributed by atoms with Crippen molar-refractivity contribution in [2.24, 2.45) is 39.2 Å². The summed E-state index contributed by atoms with van der Waals surface area (Å²) < 4.78 is 11.7. The standard InChI is InChI=1S/C31H46N6O3/c1-20(27(15-21-7-8-21)35-28(16-32)37-18-24-13-14-26(33)25(24)19-37)39-29(34-5)23-11-9-22(10-12-23)17-36(6)30(38)40-31(2,3)4/h9-12,16,21,24-26H,1,7-8,13-15,17-19,32-33H2,2-6H3/b28-16+,34-29?,35-27+. The number of nitrogens with zero attached hydrogens (tertiary/aromatic N) is 4. The summed E-state index contributed by atoms with van der Waals surface area (Å²) in [6.45, 7) is 12.1. The highest BCUT2D eigenvalue weighted by atomic mass is 16.6. The van der Waals surface area contributed by atoms with E-state index in [1.54, 1.807) is 25.2 Å². The van der Waals surface area contributed by atoms with Crippen LogP contribution in [-0.2, 0) is 16.0 Å². The van der Waals surface area contributed by atoms with E-state index in [4.69, 9.17) is 25.9 Å². The lowest BCUT2D eigenvalue weighted by Crippen LogP contribution is -2.33. The monoisotopic (exact) mass is 550 g/mol. The maximum atomic E-state index is 12.3. The van der Waals surface area contributed by atoms with Gasteiger partial charge in [0.15, 0.2) is 0 Å². The number of carbonyl (C=O) groups is 1. The van der Waals surface area contributed by atoms with Crippen molar-refractivity contribution in [2.45, 2.75) is 71.1 Å². The summed E-state index contributed by atoms with van der Waals surface area (Å²) in [5.74, 6) is 3.40. The van der Waals surface area contributed by atoms with Crippen LogP contribution in [0.15, 0.2) is 58.6 Å². The van der Waals surface area contributed by atoms with Crippen LogP contribution in [0.3, 0.4) is 0 Å². The highest BCUT2D eigenvalue weighted by Gasteiger charge is 2.41. The summed E-state index contributed by atoms with van der Waals surface area (Å²) >= 11 is 0. The molecule has 0 bridgehead atoms. The molecule has 2 aliphatic carbocycles. The zero-order valence-electron chi connectivity index (χ0n) is 24.7. The van der Waals surface area contributed by atoms with Gasteiger partial charge in [0.1, 0.15) is 17.2 Å². The molecule has 0 aromatic heterocycles. The maximum Gasteiger partial charge on any atom is 0.410 e. The minimum atomic E-state index is -0.537. The number of benzene rings is 1. The topological polar surface area (TPSA) is 119 Å². The normalized spacial score (nSPS) is 23.7. The molecule has 4 N–H and O–H groups in total. The zero-order valence-corrected chi connectivity index (χ0v) is 24.7. The van der Waals surface area contributed by atoms with Crippen molar-refractivity contribution in [1.29, 1.82) is 0 Å². The van der Waals surface area contributed by atoms with Crippen LogP contribution in [0, 0.1) is 17.8 Å². The van der Waals surface area contributed by atoms with Crippen LogP contribution in [0.25, 0.3) is 0 Å². The molecule has 2 saturated carbocycles.